The van der Waals surface area contributed by atoms with Crippen molar-refractivity contribution in [1.29, 1.82) is 0 Å². The zero-order valence-electron chi connectivity index (χ0n) is 17.3. The zero-order chi connectivity index (χ0) is 22.1. The Morgan fingerprint density at radius 2 is 1.97 bits per heavy atom. The lowest BCUT2D eigenvalue weighted by molar-refractivity contribution is -0.137. The molecule has 0 saturated carbocycles. The molecular weight excluding hydrogens is 401 g/mol. The molecule has 0 N–H and O–H groups in total. The summed E-state index contributed by atoms with van der Waals surface area (Å²) in [7, 11) is 0. The predicted molar refractivity (Wildman–Crippen MR) is 102 cm³/mol. The molecule has 2 aromatic rings. The molecule has 1 aromatic carbocycles. The quantitative estimate of drug-likeness (QED) is 0.751. The van der Waals surface area contributed by atoms with E-state index in [9.17, 15) is 18.0 Å². The number of carbonyl (C=O) groups excluding carboxylic acids is 1. The molecule has 30 heavy (non-hydrogen) atoms. The fourth-order valence-electron chi connectivity index (χ4n) is 3.22. The maximum absolute atomic E-state index is 13.0. The molecule has 1 fully saturated rings. The minimum Gasteiger partial charge on any atom is -0.444 e. The van der Waals surface area contributed by atoms with E-state index in [1.807, 2.05) is 27.7 Å². The fraction of sp³-hybridized carbons (Fsp3) is 0.579. The first-order valence-corrected chi connectivity index (χ1v) is 9.61. The highest BCUT2D eigenvalue weighted by Gasteiger charge is 2.32. The van der Waals surface area contributed by atoms with E-state index in [0.29, 0.717) is 32.0 Å². The van der Waals surface area contributed by atoms with Gasteiger partial charge < -0.3 is 9.64 Å². The molecule has 2 heterocycles. The fourth-order valence-corrected chi connectivity index (χ4v) is 3.22. The molecule has 1 aliphatic rings. The van der Waals surface area contributed by atoms with Gasteiger partial charge in [-0.05, 0) is 56.3 Å². The van der Waals surface area contributed by atoms with E-state index in [2.05, 4.69) is 20.4 Å². The Kier molecular flexibility index (Phi) is 6.02. The summed E-state index contributed by atoms with van der Waals surface area (Å²) in [5.74, 6) is 0.423. The summed E-state index contributed by atoms with van der Waals surface area (Å²) in [6.45, 7) is 9.27. The summed E-state index contributed by atoms with van der Waals surface area (Å²) in [5.41, 5.74) is -1.09. The lowest BCUT2D eigenvalue weighted by Crippen LogP contribution is -2.54. The molecule has 0 aliphatic carbocycles. The van der Waals surface area contributed by atoms with E-state index in [-0.39, 0.29) is 17.8 Å². The second kappa shape index (κ2) is 8.21. The first-order valence-electron chi connectivity index (χ1n) is 9.61. The molecule has 1 aliphatic heterocycles. The standard InChI is InChI=1S/C19H25F3N6O2/c1-13-11-27(17(29)30-18(2,3)4)9-8-26(13)12-16-23-24-25-28(16)15-7-5-6-14(10-15)19(20,21)22/h5-7,10,13H,8-9,11-12H2,1-4H3. The topological polar surface area (TPSA) is 76.4 Å². The Hall–Kier alpha value is -2.69. The summed E-state index contributed by atoms with van der Waals surface area (Å²) in [6, 6.07) is 4.87. The minimum atomic E-state index is -4.45. The third kappa shape index (κ3) is 5.26. The van der Waals surface area contributed by atoms with Crippen LogP contribution in [0.1, 0.15) is 39.1 Å². The molecule has 0 radical (unpaired) electrons. The zero-order valence-corrected chi connectivity index (χ0v) is 17.3. The number of piperazine rings is 1. The molecule has 1 amide bonds. The molecule has 1 aromatic heterocycles. The van der Waals surface area contributed by atoms with Crippen LogP contribution in [-0.4, -0.2) is 67.4 Å². The SMILES string of the molecule is CC1CN(C(=O)OC(C)(C)C)CCN1Cc1nnnn1-c1cccc(C(F)(F)F)c1. The first-order chi connectivity index (χ1) is 13.9. The highest BCUT2D eigenvalue weighted by atomic mass is 19.4. The van der Waals surface area contributed by atoms with Gasteiger partial charge in [0.25, 0.3) is 0 Å². The number of hydrogen-bond donors (Lipinski definition) is 0. The summed E-state index contributed by atoms with van der Waals surface area (Å²) in [5, 5.41) is 11.5. The average Bonchev–Trinajstić information content (AvgIpc) is 3.09. The van der Waals surface area contributed by atoms with Crippen molar-refractivity contribution in [3.05, 3.63) is 35.7 Å². The summed E-state index contributed by atoms with van der Waals surface area (Å²) in [4.78, 5) is 16.0. The van der Waals surface area contributed by atoms with Crippen LogP contribution in [0.4, 0.5) is 18.0 Å². The number of alkyl halides is 3. The van der Waals surface area contributed by atoms with E-state index in [4.69, 9.17) is 4.74 Å². The molecule has 164 valence electrons. The third-order valence-electron chi connectivity index (χ3n) is 4.71. The van der Waals surface area contributed by atoms with Crippen molar-refractivity contribution in [3.8, 4) is 5.69 Å². The van der Waals surface area contributed by atoms with Crippen LogP contribution in [0.2, 0.25) is 0 Å². The number of rotatable bonds is 3. The van der Waals surface area contributed by atoms with Crippen LogP contribution in [0.25, 0.3) is 5.69 Å². The summed E-state index contributed by atoms with van der Waals surface area (Å²) in [6.07, 6.45) is -4.81. The van der Waals surface area contributed by atoms with Gasteiger partial charge in [0.05, 0.1) is 17.8 Å². The number of aromatic nitrogens is 4. The van der Waals surface area contributed by atoms with Crippen LogP contribution >= 0.6 is 0 Å². The molecule has 1 unspecified atom stereocenters. The number of amides is 1. The van der Waals surface area contributed by atoms with Gasteiger partial charge >= 0.3 is 12.3 Å². The first kappa shape index (κ1) is 22.0. The second-order valence-electron chi connectivity index (χ2n) is 8.30. The van der Waals surface area contributed by atoms with Gasteiger partial charge in [-0.1, -0.05) is 6.07 Å². The second-order valence-corrected chi connectivity index (χ2v) is 8.30. The number of hydrogen-bond acceptors (Lipinski definition) is 6. The van der Waals surface area contributed by atoms with Crippen molar-refractivity contribution in [1.82, 2.24) is 30.0 Å². The molecule has 0 spiro atoms. The normalized spacial score (nSPS) is 18.5. The number of benzene rings is 1. The van der Waals surface area contributed by atoms with Crippen LogP contribution in [0.3, 0.4) is 0 Å². The Morgan fingerprint density at radius 1 is 1.23 bits per heavy atom. The molecule has 3 rings (SSSR count). The lowest BCUT2D eigenvalue weighted by atomic mass is 10.2. The number of ether oxygens (including phenoxy) is 1. The van der Waals surface area contributed by atoms with Crippen molar-refractivity contribution < 1.29 is 22.7 Å². The van der Waals surface area contributed by atoms with Crippen molar-refractivity contribution in [2.45, 2.75) is 52.1 Å². The molecule has 1 atom stereocenters. The predicted octanol–water partition coefficient (Wildman–Crippen LogP) is 3.12. The number of nitrogens with zero attached hydrogens (tertiary/aromatic N) is 6. The van der Waals surface area contributed by atoms with Crippen LogP contribution in [0.5, 0.6) is 0 Å². The molecule has 8 nitrogen and oxygen atoms in total. The van der Waals surface area contributed by atoms with Crippen molar-refractivity contribution in [2.75, 3.05) is 19.6 Å². The molecular formula is C19H25F3N6O2. The van der Waals surface area contributed by atoms with Gasteiger partial charge in [0.2, 0.25) is 0 Å². The number of carbonyl (C=O) groups is 1. The van der Waals surface area contributed by atoms with Gasteiger partial charge in [-0.25, -0.2) is 4.79 Å². The highest BCUT2D eigenvalue weighted by Crippen LogP contribution is 2.30. The third-order valence-corrected chi connectivity index (χ3v) is 4.71. The van der Waals surface area contributed by atoms with Crippen LogP contribution < -0.4 is 0 Å². The average molecular weight is 426 g/mol. The Balaban J connectivity index is 1.70. The summed E-state index contributed by atoms with van der Waals surface area (Å²) < 4.78 is 45.8. The van der Waals surface area contributed by atoms with Gasteiger partial charge in [0.1, 0.15) is 5.60 Å². The van der Waals surface area contributed by atoms with Crippen molar-refractivity contribution >= 4 is 6.09 Å². The number of halogens is 3. The maximum atomic E-state index is 13.0. The smallest absolute Gasteiger partial charge is 0.416 e. The van der Waals surface area contributed by atoms with E-state index in [1.54, 1.807) is 4.90 Å². The van der Waals surface area contributed by atoms with Gasteiger partial charge in [0.15, 0.2) is 5.82 Å². The van der Waals surface area contributed by atoms with E-state index >= 15 is 0 Å². The van der Waals surface area contributed by atoms with Gasteiger partial charge in [-0.15, -0.1) is 5.10 Å². The van der Waals surface area contributed by atoms with Crippen molar-refractivity contribution in [2.24, 2.45) is 0 Å². The molecule has 11 heteroatoms. The Labute approximate surface area is 172 Å². The van der Waals surface area contributed by atoms with Crippen molar-refractivity contribution in [3.63, 3.8) is 0 Å². The maximum Gasteiger partial charge on any atom is 0.416 e. The van der Waals surface area contributed by atoms with Gasteiger partial charge in [-0.3, -0.25) is 4.90 Å². The summed E-state index contributed by atoms with van der Waals surface area (Å²) >= 11 is 0. The van der Waals surface area contributed by atoms with Crippen LogP contribution in [0.15, 0.2) is 24.3 Å². The lowest BCUT2D eigenvalue weighted by Gasteiger charge is -2.39. The number of tetrazole rings is 1. The minimum absolute atomic E-state index is 0.00192. The van der Waals surface area contributed by atoms with E-state index in [0.717, 1.165) is 12.1 Å². The van der Waals surface area contributed by atoms with Crippen LogP contribution in [0, 0.1) is 0 Å². The molecule has 0 bridgehead atoms. The van der Waals surface area contributed by atoms with Gasteiger partial charge in [-0.2, -0.15) is 17.9 Å². The van der Waals surface area contributed by atoms with Crippen LogP contribution in [-0.2, 0) is 17.5 Å². The highest BCUT2D eigenvalue weighted by molar-refractivity contribution is 5.68. The largest absolute Gasteiger partial charge is 0.444 e. The van der Waals surface area contributed by atoms with E-state index < -0.39 is 17.3 Å². The molecule has 1 saturated heterocycles. The Morgan fingerprint density at radius 3 is 2.60 bits per heavy atom. The van der Waals surface area contributed by atoms with Gasteiger partial charge in [0, 0.05) is 25.7 Å². The Bertz CT molecular complexity index is 893. The van der Waals surface area contributed by atoms with E-state index in [1.165, 1.54) is 16.8 Å². The monoisotopic (exact) mass is 426 g/mol.